The molecule has 4 aliphatic rings. The lowest BCUT2D eigenvalue weighted by Crippen LogP contribution is -2.53. The van der Waals surface area contributed by atoms with Crippen LogP contribution in [0.5, 0.6) is 0 Å². The number of imidazole rings is 1. The number of benzene rings is 1. The number of hydrogen-bond donors (Lipinski definition) is 1. The SMILES string of the molecule is CC(C)(C)N1CCN(c2c(F)cccc2C2S[C@@H](CC(=O)N3CCC(n4c(=O)[nH]c5ncccc54)CC3)C(=O)N2CC2CCOCC2)CC1.[HH].[HH]. The van der Waals surface area contributed by atoms with Crippen LogP contribution < -0.4 is 10.6 Å². The summed E-state index contributed by atoms with van der Waals surface area (Å²) >= 11 is 1.49. The quantitative estimate of drug-likeness (QED) is 0.372. The van der Waals surface area contributed by atoms with Crippen LogP contribution in [0.15, 0.2) is 41.3 Å². The van der Waals surface area contributed by atoms with E-state index in [1.54, 1.807) is 16.8 Å². The molecule has 268 valence electrons. The van der Waals surface area contributed by atoms with Gasteiger partial charge >= 0.3 is 5.69 Å². The van der Waals surface area contributed by atoms with Crippen LogP contribution in [0.2, 0.25) is 0 Å². The van der Waals surface area contributed by atoms with Crippen molar-refractivity contribution in [3.63, 3.8) is 0 Å². The van der Waals surface area contributed by atoms with Crippen molar-refractivity contribution in [2.24, 2.45) is 5.92 Å². The molecule has 11 nitrogen and oxygen atoms in total. The Morgan fingerprint density at radius 2 is 1.76 bits per heavy atom. The third kappa shape index (κ3) is 6.98. The number of thioether (sulfide) groups is 1. The second kappa shape index (κ2) is 14.1. The number of halogens is 1. The smallest absolute Gasteiger partial charge is 0.327 e. The van der Waals surface area contributed by atoms with Gasteiger partial charge in [-0.15, -0.1) is 11.8 Å². The average molecular weight is 698 g/mol. The molecule has 7 rings (SSSR count). The lowest BCUT2D eigenvalue weighted by molar-refractivity contribution is -0.137. The normalized spacial score (nSPS) is 23.6. The van der Waals surface area contributed by atoms with Gasteiger partial charge in [0.2, 0.25) is 11.8 Å². The number of aromatic amines is 1. The van der Waals surface area contributed by atoms with Crippen molar-refractivity contribution in [1.82, 2.24) is 29.2 Å². The fourth-order valence-electron chi connectivity index (χ4n) is 8.01. The van der Waals surface area contributed by atoms with Gasteiger partial charge in [0, 0.05) is 91.6 Å². The number of para-hydroxylation sites is 1. The number of carbonyl (C=O) groups is 2. The third-order valence-electron chi connectivity index (χ3n) is 10.8. The summed E-state index contributed by atoms with van der Waals surface area (Å²) in [5.74, 6) is -0.0741. The van der Waals surface area contributed by atoms with Gasteiger partial charge in [0.25, 0.3) is 0 Å². The minimum Gasteiger partial charge on any atom is -0.381 e. The van der Waals surface area contributed by atoms with Gasteiger partial charge in [0.1, 0.15) is 11.2 Å². The lowest BCUT2D eigenvalue weighted by Gasteiger charge is -2.44. The Balaban J connectivity index is 0.00000252. The summed E-state index contributed by atoms with van der Waals surface area (Å²) in [5, 5.41) is -0.932. The van der Waals surface area contributed by atoms with E-state index in [-0.39, 0.29) is 49.6 Å². The topological polar surface area (TPSA) is 107 Å². The highest BCUT2D eigenvalue weighted by atomic mass is 32.2. The average Bonchev–Trinajstić information content (AvgIpc) is 3.59. The number of nitrogens with zero attached hydrogens (tertiary/aromatic N) is 6. The van der Waals surface area contributed by atoms with Crippen LogP contribution in [0.4, 0.5) is 10.1 Å². The number of amides is 2. The van der Waals surface area contributed by atoms with E-state index in [2.05, 4.69) is 40.5 Å². The molecule has 6 heterocycles. The molecule has 1 unspecified atom stereocenters. The Morgan fingerprint density at radius 3 is 2.47 bits per heavy atom. The number of anilines is 1. The molecule has 4 saturated heterocycles. The van der Waals surface area contributed by atoms with E-state index in [9.17, 15) is 14.4 Å². The number of aromatic nitrogens is 3. The van der Waals surface area contributed by atoms with Crippen molar-refractivity contribution in [2.75, 3.05) is 63.9 Å². The number of likely N-dealkylation sites (tertiary alicyclic amines) is 1. The lowest BCUT2D eigenvalue weighted by atomic mass is 9.98. The van der Waals surface area contributed by atoms with Crippen molar-refractivity contribution < 1.29 is 21.6 Å². The zero-order valence-electron chi connectivity index (χ0n) is 28.8. The number of hydrogen-bond acceptors (Lipinski definition) is 8. The second-order valence-corrected chi connectivity index (χ2v) is 16.1. The summed E-state index contributed by atoms with van der Waals surface area (Å²) in [7, 11) is 0. The maximum Gasteiger partial charge on any atom is 0.327 e. The van der Waals surface area contributed by atoms with Gasteiger partial charge in [-0.1, -0.05) is 12.1 Å². The highest BCUT2D eigenvalue weighted by Crippen LogP contribution is 2.48. The first-order chi connectivity index (χ1) is 23.6. The van der Waals surface area contributed by atoms with Crippen LogP contribution in [-0.2, 0) is 14.3 Å². The van der Waals surface area contributed by atoms with E-state index in [1.807, 2.05) is 28.0 Å². The Labute approximate surface area is 294 Å². The molecule has 2 atom stereocenters. The van der Waals surface area contributed by atoms with Gasteiger partial charge in [-0.25, -0.2) is 14.2 Å². The number of pyridine rings is 1. The van der Waals surface area contributed by atoms with E-state index >= 15 is 4.39 Å². The molecule has 0 saturated carbocycles. The van der Waals surface area contributed by atoms with Gasteiger partial charge in [-0.05, 0) is 70.6 Å². The number of nitrogens with one attached hydrogen (secondary N) is 1. The number of H-pyrrole nitrogens is 1. The Kier molecular flexibility index (Phi) is 9.77. The molecule has 1 N–H and O–H groups in total. The molecular weight excluding hydrogens is 646 g/mol. The summed E-state index contributed by atoms with van der Waals surface area (Å²) in [6.45, 7) is 12.6. The van der Waals surface area contributed by atoms with Gasteiger partial charge < -0.3 is 19.4 Å². The highest BCUT2D eigenvalue weighted by molar-refractivity contribution is 8.01. The van der Waals surface area contributed by atoms with Crippen LogP contribution in [0.3, 0.4) is 0 Å². The van der Waals surface area contributed by atoms with Crippen molar-refractivity contribution in [3.8, 4) is 0 Å². The van der Waals surface area contributed by atoms with Gasteiger partial charge in [-0.3, -0.25) is 24.0 Å². The first kappa shape index (κ1) is 34.0. The number of fused-ring (bicyclic) bond motifs is 1. The largest absolute Gasteiger partial charge is 0.381 e. The molecule has 0 aliphatic carbocycles. The monoisotopic (exact) mass is 697 g/mol. The van der Waals surface area contributed by atoms with Crippen molar-refractivity contribution in [2.45, 2.75) is 75.1 Å². The summed E-state index contributed by atoms with van der Waals surface area (Å²) in [4.78, 5) is 56.2. The predicted octanol–water partition coefficient (Wildman–Crippen LogP) is 4.90. The van der Waals surface area contributed by atoms with Gasteiger partial charge in [0.15, 0.2) is 5.65 Å². The first-order valence-electron chi connectivity index (χ1n) is 17.7. The van der Waals surface area contributed by atoms with Gasteiger partial charge in [0.05, 0.1) is 16.5 Å². The van der Waals surface area contributed by atoms with E-state index in [0.29, 0.717) is 76.0 Å². The zero-order chi connectivity index (χ0) is 34.3. The van der Waals surface area contributed by atoms with Crippen LogP contribution >= 0.6 is 11.8 Å². The van der Waals surface area contributed by atoms with Gasteiger partial charge in [-0.2, -0.15) is 0 Å². The Morgan fingerprint density at radius 1 is 1.02 bits per heavy atom. The molecule has 4 aliphatic heterocycles. The summed E-state index contributed by atoms with van der Waals surface area (Å²) < 4.78 is 23.2. The number of piperidine rings is 1. The van der Waals surface area contributed by atoms with Crippen molar-refractivity contribution >= 4 is 40.4 Å². The standard InChI is InChI=1S/C36H48FN7O4S.2H2/c1-36(2,3)42-18-16-41(17-19-42)31-26(6-4-7-27(31)37)34-43(23-24-11-20-48-21-12-24)33(46)29(49-34)22-30(45)40-14-9-25(10-15-40)44-28-8-5-13-38-32(28)39-35(44)47;;/h4-8,13,24-25,29,34H,9-12,14-23H2,1-3H3,(H,38,39,47);2*1H/t29-,34?;;/m0../s1. The minimum atomic E-state index is -0.550. The number of rotatable bonds is 7. The van der Waals surface area contributed by atoms with Crippen LogP contribution in [0, 0.1) is 11.7 Å². The van der Waals surface area contributed by atoms with E-state index in [1.165, 1.54) is 17.8 Å². The van der Waals surface area contributed by atoms with Crippen LogP contribution in [0.1, 0.15) is 72.7 Å². The fourth-order valence-corrected chi connectivity index (χ4v) is 9.48. The van der Waals surface area contributed by atoms with E-state index < -0.39 is 5.25 Å². The van der Waals surface area contributed by atoms with Crippen LogP contribution in [0.25, 0.3) is 11.2 Å². The van der Waals surface area contributed by atoms with Crippen molar-refractivity contribution in [1.29, 1.82) is 0 Å². The fraction of sp³-hybridized carbons (Fsp3) is 0.611. The number of ether oxygens (including phenoxy) is 1. The molecule has 2 amide bonds. The maximum absolute atomic E-state index is 15.8. The molecular formula is C36H52FN7O4S. The van der Waals surface area contributed by atoms with E-state index in [4.69, 9.17) is 4.74 Å². The molecule has 0 spiro atoms. The summed E-state index contributed by atoms with van der Waals surface area (Å²) in [5.41, 5.74) is 2.58. The highest BCUT2D eigenvalue weighted by Gasteiger charge is 2.45. The van der Waals surface area contributed by atoms with Crippen LogP contribution in [-0.4, -0.2) is 111 Å². The Bertz CT molecular complexity index is 1730. The molecule has 3 aromatic rings. The minimum absolute atomic E-state index is 0. The number of carbonyl (C=O) groups excluding carboxylic acids is 2. The zero-order valence-corrected chi connectivity index (χ0v) is 29.6. The second-order valence-electron chi connectivity index (χ2n) is 14.8. The molecule has 49 heavy (non-hydrogen) atoms. The molecule has 2 aromatic heterocycles. The molecule has 1 aromatic carbocycles. The summed E-state index contributed by atoms with van der Waals surface area (Å²) in [6.07, 6.45) is 4.80. The predicted molar refractivity (Wildman–Crippen MR) is 193 cm³/mol. The molecule has 13 heteroatoms. The number of piperazine rings is 1. The third-order valence-corrected chi connectivity index (χ3v) is 12.3. The van der Waals surface area contributed by atoms with E-state index in [0.717, 1.165) is 37.0 Å². The first-order valence-corrected chi connectivity index (χ1v) is 18.7. The maximum atomic E-state index is 15.8. The summed E-state index contributed by atoms with van der Waals surface area (Å²) in [6, 6.07) is 8.90. The Hall–Kier alpha value is -3.42. The molecule has 4 fully saturated rings. The molecule has 0 radical (unpaired) electrons. The molecule has 0 bridgehead atoms. The van der Waals surface area contributed by atoms with Crippen molar-refractivity contribution in [3.05, 3.63) is 58.4 Å².